The molecular weight excluding hydrogens is 292 g/mol. The molecule has 1 heterocycles. The summed E-state index contributed by atoms with van der Waals surface area (Å²) in [5.41, 5.74) is 7.25. The Kier molecular flexibility index (Phi) is 4.78. The fourth-order valence-corrected chi connectivity index (χ4v) is 2.92. The molecule has 18 heavy (non-hydrogen) atoms. The Balaban J connectivity index is 2.14. The fourth-order valence-electron chi connectivity index (χ4n) is 2.65. The predicted molar refractivity (Wildman–Crippen MR) is 77.5 cm³/mol. The molecular formula is C14H21BrN2O. The second-order valence-electron chi connectivity index (χ2n) is 5.01. The topological polar surface area (TPSA) is 38.5 Å². The number of halogens is 1. The number of ether oxygens (including phenoxy) is 1. The van der Waals surface area contributed by atoms with E-state index in [-0.39, 0.29) is 18.2 Å². The highest BCUT2D eigenvalue weighted by molar-refractivity contribution is 9.10. The van der Waals surface area contributed by atoms with Crippen LogP contribution in [-0.2, 0) is 4.74 Å². The minimum atomic E-state index is 0.276. The van der Waals surface area contributed by atoms with Crippen molar-refractivity contribution >= 4 is 15.9 Å². The third-order valence-corrected chi connectivity index (χ3v) is 3.90. The minimum absolute atomic E-state index is 0.276. The van der Waals surface area contributed by atoms with Crippen LogP contribution in [0.3, 0.4) is 0 Å². The van der Waals surface area contributed by atoms with E-state index in [9.17, 15) is 0 Å². The minimum Gasteiger partial charge on any atom is -0.373 e. The van der Waals surface area contributed by atoms with E-state index in [4.69, 9.17) is 10.5 Å². The molecule has 0 aromatic heterocycles. The number of rotatable bonds is 3. The molecule has 3 nitrogen and oxygen atoms in total. The van der Waals surface area contributed by atoms with Crippen LogP contribution in [0.15, 0.2) is 28.7 Å². The summed E-state index contributed by atoms with van der Waals surface area (Å²) in [6.45, 7) is 6.78. The van der Waals surface area contributed by atoms with E-state index in [0.717, 1.165) is 17.6 Å². The zero-order chi connectivity index (χ0) is 13.1. The maximum atomic E-state index is 5.97. The summed E-state index contributed by atoms with van der Waals surface area (Å²) >= 11 is 3.47. The number of nitrogens with two attached hydrogens (primary N) is 1. The number of hydrogen-bond acceptors (Lipinski definition) is 3. The first kappa shape index (κ1) is 14.0. The lowest BCUT2D eigenvalue weighted by Gasteiger charge is -2.40. The standard InChI is InChI=1S/C14H21BrN2O/c1-10-8-17(9-11(2)18-10)14(7-16)12-3-5-13(15)6-4-12/h3-6,10-11,14H,7-9,16H2,1-2H3/t10-,11+,14?. The fraction of sp³-hybridized carbons (Fsp3) is 0.571. The van der Waals surface area contributed by atoms with Crippen LogP contribution >= 0.6 is 15.9 Å². The maximum Gasteiger partial charge on any atom is 0.0678 e. The van der Waals surface area contributed by atoms with Crippen LogP contribution in [0.4, 0.5) is 0 Å². The van der Waals surface area contributed by atoms with Gasteiger partial charge < -0.3 is 10.5 Å². The van der Waals surface area contributed by atoms with Gasteiger partial charge in [0.2, 0.25) is 0 Å². The molecule has 1 aliphatic rings. The first-order chi connectivity index (χ1) is 8.60. The lowest BCUT2D eigenvalue weighted by atomic mass is 10.0. The molecule has 3 atom stereocenters. The van der Waals surface area contributed by atoms with Crippen molar-refractivity contribution in [1.29, 1.82) is 0 Å². The molecule has 1 aromatic rings. The highest BCUT2D eigenvalue weighted by Gasteiger charge is 2.27. The summed E-state index contributed by atoms with van der Waals surface area (Å²) in [7, 11) is 0. The van der Waals surface area contributed by atoms with E-state index in [0.29, 0.717) is 6.54 Å². The molecule has 1 aliphatic heterocycles. The smallest absolute Gasteiger partial charge is 0.0678 e. The van der Waals surface area contributed by atoms with Crippen LogP contribution < -0.4 is 5.73 Å². The lowest BCUT2D eigenvalue weighted by molar-refractivity contribution is -0.0799. The first-order valence-corrected chi connectivity index (χ1v) is 7.24. The summed E-state index contributed by atoms with van der Waals surface area (Å²) in [5, 5.41) is 0. The van der Waals surface area contributed by atoms with E-state index < -0.39 is 0 Å². The Morgan fingerprint density at radius 1 is 1.28 bits per heavy atom. The monoisotopic (exact) mass is 312 g/mol. The van der Waals surface area contributed by atoms with Crippen LogP contribution in [0.2, 0.25) is 0 Å². The molecule has 4 heteroatoms. The quantitative estimate of drug-likeness (QED) is 0.932. The molecule has 0 bridgehead atoms. The van der Waals surface area contributed by atoms with Gasteiger partial charge in [0.05, 0.1) is 12.2 Å². The normalized spacial score (nSPS) is 27.1. The number of morpholine rings is 1. The second-order valence-corrected chi connectivity index (χ2v) is 5.93. The van der Waals surface area contributed by atoms with E-state index >= 15 is 0 Å². The van der Waals surface area contributed by atoms with Gasteiger partial charge in [0.15, 0.2) is 0 Å². The molecule has 0 amide bonds. The number of benzene rings is 1. The van der Waals surface area contributed by atoms with Crippen molar-refractivity contribution in [3.63, 3.8) is 0 Å². The Labute approximate surface area is 117 Å². The van der Waals surface area contributed by atoms with Crippen molar-refractivity contribution in [2.45, 2.75) is 32.1 Å². The van der Waals surface area contributed by atoms with E-state index in [1.807, 2.05) is 0 Å². The van der Waals surface area contributed by atoms with Crippen LogP contribution in [0, 0.1) is 0 Å². The largest absolute Gasteiger partial charge is 0.373 e. The summed E-state index contributed by atoms with van der Waals surface area (Å²) < 4.78 is 6.88. The van der Waals surface area contributed by atoms with Crippen molar-refractivity contribution in [3.05, 3.63) is 34.3 Å². The second kappa shape index (κ2) is 6.15. The van der Waals surface area contributed by atoms with Crippen LogP contribution in [-0.4, -0.2) is 36.7 Å². The molecule has 1 saturated heterocycles. The third-order valence-electron chi connectivity index (χ3n) is 3.37. The Hall–Kier alpha value is -0.420. The molecule has 0 radical (unpaired) electrons. The van der Waals surface area contributed by atoms with Crippen molar-refractivity contribution in [2.75, 3.05) is 19.6 Å². The van der Waals surface area contributed by atoms with Gasteiger partial charge >= 0.3 is 0 Å². The Morgan fingerprint density at radius 2 is 1.83 bits per heavy atom. The zero-order valence-electron chi connectivity index (χ0n) is 11.0. The molecule has 0 saturated carbocycles. The van der Waals surface area contributed by atoms with Crippen molar-refractivity contribution in [3.8, 4) is 0 Å². The number of nitrogens with zero attached hydrogens (tertiary/aromatic N) is 1. The predicted octanol–water partition coefficient (Wildman–Crippen LogP) is 2.56. The molecule has 0 spiro atoms. The van der Waals surface area contributed by atoms with Crippen LogP contribution in [0.25, 0.3) is 0 Å². The van der Waals surface area contributed by atoms with Gasteiger partial charge in [-0.25, -0.2) is 0 Å². The Bertz CT molecular complexity index is 372. The molecule has 2 N–H and O–H groups in total. The zero-order valence-corrected chi connectivity index (χ0v) is 12.6. The van der Waals surface area contributed by atoms with Gasteiger partial charge in [-0.1, -0.05) is 28.1 Å². The lowest BCUT2D eigenvalue weighted by Crippen LogP contribution is -2.48. The SMILES string of the molecule is C[C@@H]1CN(C(CN)c2ccc(Br)cc2)C[C@H](C)O1. The van der Waals surface area contributed by atoms with Gasteiger partial charge in [0.25, 0.3) is 0 Å². The average Bonchev–Trinajstić information content (AvgIpc) is 2.31. The average molecular weight is 313 g/mol. The van der Waals surface area contributed by atoms with E-state index in [1.54, 1.807) is 0 Å². The van der Waals surface area contributed by atoms with Gasteiger partial charge in [-0.2, -0.15) is 0 Å². The van der Waals surface area contributed by atoms with Crippen molar-refractivity contribution < 1.29 is 4.74 Å². The maximum absolute atomic E-state index is 5.97. The van der Waals surface area contributed by atoms with Gasteiger partial charge in [0, 0.05) is 30.1 Å². The first-order valence-electron chi connectivity index (χ1n) is 6.45. The molecule has 1 fully saturated rings. The van der Waals surface area contributed by atoms with E-state index in [2.05, 4.69) is 58.9 Å². The van der Waals surface area contributed by atoms with Crippen LogP contribution in [0.1, 0.15) is 25.5 Å². The van der Waals surface area contributed by atoms with Crippen molar-refractivity contribution in [1.82, 2.24) is 4.90 Å². The highest BCUT2D eigenvalue weighted by Crippen LogP contribution is 2.25. The van der Waals surface area contributed by atoms with Gasteiger partial charge in [-0.05, 0) is 31.5 Å². The molecule has 100 valence electrons. The van der Waals surface area contributed by atoms with Crippen LogP contribution in [0.5, 0.6) is 0 Å². The summed E-state index contributed by atoms with van der Waals surface area (Å²) in [6, 6.07) is 8.72. The highest BCUT2D eigenvalue weighted by atomic mass is 79.9. The van der Waals surface area contributed by atoms with Crippen molar-refractivity contribution in [2.24, 2.45) is 5.73 Å². The van der Waals surface area contributed by atoms with Gasteiger partial charge in [-0.3, -0.25) is 4.90 Å². The molecule has 0 aliphatic carbocycles. The van der Waals surface area contributed by atoms with Gasteiger partial charge in [0.1, 0.15) is 0 Å². The summed E-state index contributed by atoms with van der Waals surface area (Å²) in [5.74, 6) is 0. The van der Waals surface area contributed by atoms with Gasteiger partial charge in [-0.15, -0.1) is 0 Å². The summed E-state index contributed by atoms with van der Waals surface area (Å²) in [6.07, 6.45) is 0.552. The molecule has 2 rings (SSSR count). The summed E-state index contributed by atoms with van der Waals surface area (Å²) in [4.78, 5) is 2.43. The Morgan fingerprint density at radius 3 is 2.33 bits per heavy atom. The molecule has 1 unspecified atom stereocenters. The number of hydrogen-bond donors (Lipinski definition) is 1. The third kappa shape index (κ3) is 3.32. The van der Waals surface area contributed by atoms with E-state index in [1.165, 1.54) is 5.56 Å². The molecule has 1 aromatic carbocycles.